The van der Waals surface area contributed by atoms with Gasteiger partial charge < -0.3 is 9.84 Å². The van der Waals surface area contributed by atoms with Gasteiger partial charge in [-0.15, -0.1) is 6.42 Å². The molecule has 0 unspecified atom stereocenters. The van der Waals surface area contributed by atoms with Gasteiger partial charge >= 0.3 is 0 Å². The number of hydrogen-bond donors (Lipinski definition) is 1. The van der Waals surface area contributed by atoms with Crippen LogP contribution in [-0.2, 0) is 4.74 Å². The number of hydrogen-bond acceptors (Lipinski definition) is 2. The van der Waals surface area contributed by atoms with E-state index in [1.165, 1.54) is 18.4 Å². The average Bonchev–Trinajstić information content (AvgIpc) is 2.90. The lowest BCUT2D eigenvalue weighted by molar-refractivity contribution is -0.0861. The van der Waals surface area contributed by atoms with Gasteiger partial charge in [-0.1, -0.05) is 25.5 Å². The van der Waals surface area contributed by atoms with E-state index >= 15 is 0 Å². The van der Waals surface area contributed by atoms with Crippen molar-refractivity contribution >= 4 is 0 Å². The highest BCUT2D eigenvalue weighted by atomic mass is 16.5. The summed E-state index contributed by atoms with van der Waals surface area (Å²) in [4.78, 5) is 0. The molecule has 140 valence electrons. The highest BCUT2D eigenvalue weighted by Gasteiger charge is 2.64. The molecule has 1 N–H and O–H groups in total. The fourth-order valence-electron chi connectivity index (χ4n) is 6.94. The lowest BCUT2D eigenvalue weighted by Crippen LogP contribution is -2.53. The van der Waals surface area contributed by atoms with Crippen molar-refractivity contribution in [3.05, 3.63) is 35.6 Å². The molecule has 0 aliphatic heterocycles. The first-order valence-electron chi connectivity index (χ1n) is 10.4. The predicted octanol–water partition coefficient (Wildman–Crippen LogP) is 5.01. The van der Waals surface area contributed by atoms with E-state index in [1.807, 2.05) is 0 Å². The van der Waals surface area contributed by atoms with E-state index in [9.17, 15) is 5.11 Å². The van der Waals surface area contributed by atoms with Gasteiger partial charge in [0.25, 0.3) is 0 Å². The van der Waals surface area contributed by atoms with Crippen LogP contribution < -0.4 is 0 Å². The molecule has 0 bridgehead atoms. The largest absolute Gasteiger partial charge is 0.498 e. The van der Waals surface area contributed by atoms with E-state index in [1.54, 1.807) is 0 Å². The number of ether oxygens (including phenoxy) is 1. The van der Waals surface area contributed by atoms with Crippen molar-refractivity contribution in [2.24, 2.45) is 29.1 Å². The molecule has 4 aliphatic rings. The predicted molar refractivity (Wildman–Crippen MR) is 105 cm³/mol. The monoisotopic (exact) mass is 352 g/mol. The van der Waals surface area contributed by atoms with Gasteiger partial charge in [-0.05, 0) is 86.3 Å². The van der Waals surface area contributed by atoms with E-state index in [-0.39, 0.29) is 5.41 Å². The highest BCUT2D eigenvalue weighted by Crippen LogP contribution is 2.66. The molecule has 2 nitrogen and oxygen atoms in total. The molecule has 0 heterocycles. The Hall–Kier alpha value is -1.46. The summed E-state index contributed by atoms with van der Waals surface area (Å²) in [5.74, 6) is 6.38. The zero-order valence-corrected chi connectivity index (χ0v) is 16.3. The molecule has 0 amide bonds. The minimum absolute atomic E-state index is 0.174. The second-order valence-electron chi connectivity index (χ2n) is 8.77. The van der Waals surface area contributed by atoms with Crippen LogP contribution in [0.15, 0.2) is 35.6 Å². The third kappa shape index (κ3) is 2.23. The standard InChI is InChI=1S/C24H32O2/c1-5-23-13-12-20-19-11-9-18(26-7-3)15-17(19)8-10-21(20)22(23)14-16(4)24(23,25)6-2/h2,8,15,19-22,25H,4-5,7,9-14H2,1,3H3/t19-,20+,21+,22-,23-,24-/m0/s1. The van der Waals surface area contributed by atoms with Gasteiger partial charge in [-0.2, -0.15) is 0 Å². The number of allylic oxidation sites excluding steroid dienone is 4. The fraction of sp³-hybridized carbons (Fsp3) is 0.667. The number of rotatable bonds is 3. The maximum atomic E-state index is 11.4. The van der Waals surface area contributed by atoms with Crippen molar-refractivity contribution in [3.63, 3.8) is 0 Å². The Balaban J connectivity index is 1.67. The minimum Gasteiger partial charge on any atom is -0.498 e. The highest BCUT2D eigenvalue weighted by molar-refractivity contribution is 5.40. The van der Waals surface area contributed by atoms with Gasteiger partial charge in [0.2, 0.25) is 0 Å². The van der Waals surface area contributed by atoms with Crippen LogP contribution >= 0.6 is 0 Å². The molecular weight excluding hydrogens is 320 g/mol. The maximum absolute atomic E-state index is 11.4. The summed E-state index contributed by atoms with van der Waals surface area (Å²) in [6.45, 7) is 9.23. The van der Waals surface area contributed by atoms with Gasteiger partial charge in [-0.3, -0.25) is 0 Å². The molecule has 2 fully saturated rings. The Labute approximate surface area is 158 Å². The molecular formula is C24H32O2. The average molecular weight is 353 g/mol. The third-order valence-electron chi connectivity index (χ3n) is 8.17. The summed E-state index contributed by atoms with van der Waals surface area (Å²) >= 11 is 0. The molecule has 0 radical (unpaired) electrons. The first kappa shape index (κ1) is 17.9. The summed E-state index contributed by atoms with van der Waals surface area (Å²) in [6, 6.07) is 0. The SMILES string of the molecule is C#C[C@]1(O)C(=C)C[C@H]2[C@@H]3CC=C4C=C(OCC)CC[C@@H]4[C@H]3CC[C@@]21CC. The molecule has 0 saturated heterocycles. The molecule has 0 spiro atoms. The van der Waals surface area contributed by atoms with Crippen LogP contribution in [-0.4, -0.2) is 17.3 Å². The Bertz CT molecular complexity index is 708. The molecule has 4 rings (SSSR count). The molecule has 2 heteroatoms. The summed E-state index contributed by atoms with van der Waals surface area (Å²) < 4.78 is 5.78. The molecule has 0 aromatic rings. The lowest BCUT2D eigenvalue weighted by atomic mass is 9.50. The van der Waals surface area contributed by atoms with E-state index in [0.29, 0.717) is 23.7 Å². The molecule has 6 atom stereocenters. The molecule has 4 aliphatic carbocycles. The third-order valence-corrected chi connectivity index (χ3v) is 8.17. The van der Waals surface area contributed by atoms with E-state index in [2.05, 4.69) is 38.5 Å². The zero-order chi connectivity index (χ0) is 18.5. The second kappa shape index (κ2) is 6.31. The first-order valence-corrected chi connectivity index (χ1v) is 10.4. The number of terminal acetylenes is 1. The van der Waals surface area contributed by atoms with E-state index in [4.69, 9.17) is 11.2 Å². The quantitative estimate of drug-likeness (QED) is 0.571. The van der Waals surface area contributed by atoms with Crippen molar-refractivity contribution in [1.82, 2.24) is 0 Å². The Morgan fingerprint density at radius 1 is 1.35 bits per heavy atom. The van der Waals surface area contributed by atoms with Gasteiger partial charge in [0.05, 0.1) is 12.4 Å². The number of fused-ring (bicyclic) bond motifs is 5. The Morgan fingerprint density at radius 2 is 2.15 bits per heavy atom. The summed E-state index contributed by atoms with van der Waals surface area (Å²) in [5.41, 5.74) is 1.08. The van der Waals surface area contributed by atoms with Crippen LogP contribution in [0.3, 0.4) is 0 Å². The van der Waals surface area contributed by atoms with Crippen LogP contribution in [0.25, 0.3) is 0 Å². The van der Waals surface area contributed by atoms with Crippen LogP contribution in [0.1, 0.15) is 58.8 Å². The van der Waals surface area contributed by atoms with Crippen LogP contribution in [0.2, 0.25) is 0 Å². The van der Waals surface area contributed by atoms with E-state index in [0.717, 1.165) is 50.0 Å². The Kier molecular flexibility index (Phi) is 4.35. The van der Waals surface area contributed by atoms with Crippen molar-refractivity contribution in [3.8, 4) is 12.3 Å². The van der Waals surface area contributed by atoms with Crippen LogP contribution in [0.5, 0.6) is 0 Å². The van der Waals surface area contributed by atoms with Gasteiger partial charge in [-0.25, -0.2) is 0 Å². The fourth-order valence-corrected chi connectivity index (χ4v) is 6.94. The van der Waals surface area contributed by atoms with Crippen molar-refractivity contribution < 1.29 is 9.84 Å². The molecule has 0 aromatic heterocycles. The minimum atomic E-state index is -1.12. The van der Waals surface area contributed by atoms with Crippen molar-refractivity contribution in [1.29, 1.82) is 0 Å². The lowest BCUT2D eigenvalue weighted by Gasteiger charge is -2.54. The maximum Gasteiger partial charge on any atom is 0.152 e. The van der Waals surface area contributed by atoms with Crippen LogP contribution in [0.4, 0.5) is 0 Å². The summed E-state index contributed by atoms with van der Waals surface area (Å²) in [5, 5.41) is 11.4. The van der Waals surface area contributed by atoms with Crippen molar-refractivity contribution in [2.45, 2.75) is 64.4 Å². The molecule has 2 saturated carbocycles. The smallest absolute Gasteiger partial charge is 0.152 e. The molecule has 26 heavy (non-hydrogen) atoms. The summed E-state index contributed by atoms with van der Waals surface area (Å²) in [6.07, 6.45) is 18.0. The number of aliphatic hydroxyl groups is 1. The van der Waals surface area contributed by atoms with Gasteiger partial charge in [0, 0.05) is 11.8 Å². The zero-order valence-electron chi connectivity index (χ0n) is 16.3. The topological polar surface area (TPSA) is 29.5 Å². The normalized spacial score (nSPS) is 44.2. The first-order chi connectivity index (χ1) is 12.5. The van der Waals surface area contributed by atoms with Gasteiger partial charge in [0.15, 0.2) is 5.60 Å². The van der Waals surface area contributed by atoms with Crippen molar-refractivity contribution in [2.75, 3.05) is 6.61 Å². The molecule has 0 aromatic carbocycles. The van der Waals surface area contributed by atoms with Gasteiger partial charge in [0.1, 0.15) is 0 Å². The van der Waals surface area contributed by atoms with Crippen LogP contribution in [0, 0.1) is 41.4 Å². The second-order valence-corrected chi connectivity index (χ2v) is 8.77. The van der Waals surface area contributed by atoms with E-state index < -0.39 is 5.60 Å². The Morgan fingerprint density at radius 3 is 2.85 bits per heavy atom. The summed E-state index contributed by atoms with van der Waals surface area (Å²) in [7, 11) is 0.